The highest BCUT2D eigenvalue weighted by Gasteiger charge is 2.24. The summed E-state index contributed by atoms with van der Waals surface area (Å²) in [4.78, 5) is 27.6. The van der Waals surface area contributed by atoms with Gasteiger partial charge in [-0.05, 0) is 51.5 Å². The van der Waals surface area contributed by atoms with Crippen molar-refractivity contribution in [3.8, 4) is 0 Å². The predicted molar refractivity (Wildman–Crippen MR) is 105 cm³/mol. The molecule has 2 heterocycles. The zero-order valence-electron chi connectivity index (χ0n) is 16.4. The maximum atomic E-state index is 12.3. The van der Waals surface area contributed by atoms with E-state index in [1.807, 2.05) is 39.0 Å². The summed E-state index contributed by atoms with van der Waals surface area (Å²) in [6.07, 6.45) is 0.584. The lowest BCUT2D eigenvalue weighted by Crippen LogP contribution is -2.39. The van der Waals surface area contributed by atoms with Gasteiger partial charge in [0.25, 0.3) is 0 Å². The molecule has 1 aromatic carbocycles. The first-order valence-electron chi connectivity index (χ1n) is 9.21. The van der Waals surface area contributed by atoms with Crippen LogP contribution in [0.1, 0.15) is 37.7 Å². The van der Waals surface area contributed by atoms with Crippen LogP contribution in [0.15, 0.2) is 24.3 Å². The van der Waals surface area contributed by atoms with Gasteiger partial charge in [-0.3, -0.25) is 0 Å². The summed E-state index contributed by atoms with van der Waals surface area (Å²) in [6, 6.07) is 7.68. The first-order valence-corrected chi connectivity index (χ1v) is 9.21. The van der Waals surface area contributed by atoms with Crippen molar-refractivity contribution in [1.29, 1.82) is 0 Å². The number of benzene rings is 1. The molecule has 0 atom stereocenters. The zero-order valence-corrected chi connectivity index (χ0v) is 16.4. The number of carbonyl (C=O) groups excluding carboxylic acids is 1. The van der Waals surface area contributed by atoms with Crippen LogP contribution in [0.3, 0.4) is 0 Å². The molecule has 1 saturated heterocycles. The summed E-state index contributed by atoms with van der Waals surface area (Å²) in [6.45, 7) is 8.43. The molecule has 0 aliphatic carbocycles. The van der Waals surface area contributed by atoms with Crippen LogP contribution < -0.4 is 4.90 Å². The van der Waals surface area contributed by atoms with Gasteiger partial charge in [-0.2, -0.15) is 0 Å². The third-order valence-corrected chi connectivity index (χ3v) is 4.76. The standard InChI is InChI=1S/C20H27N3O4/c1-20(2,3)27-19(26)23-9-5-8-22(10-11-23)15-6-7-16-14(12-15)13-17(18(24)25)21(16)4/h6-7,12-13H,5,8-11H2,1-4H3,(H,24,25). The van der Waals surface area contributed by atoms with Crippen LogP contribution in [0.2, 0.25) is 0 Å². The number of hydrogen-bond donors (Lipinski definition) is 1. The van der Waals surface area contributed by atoms with Gasteiger partial charge in [-0.25, -0.2) is 9.59 Å². The Labute approximate surface area is 159 Å². The SMILES string of the molecule is Cn1c(C(=O)O)cc2cc(N3CCCN(C(=O)OC(C)(C)C)CC3)ccc21. The van der Waals surface area contributed by atoms with Crippen LogP contribution in [-0.2, 0) is 11.8 Å². The molecule has 27 heavy (non-hydrogen) atoms. The minimum absolute atomic E-state index is 0.269. The summed E-state index contributed by atoms with van der Waals surface area (Å²) in [5.41, 5.74) is 1.70. The molecule has 0 unspecified atom stereocenters. The van der Waals surface area contributed by atoms with Crippen molar-refractivity contribution in [1.82, 2.24) is 9.47 Å². The van der Waals surface area contributed by atoms with Crippen molar-refractivity contribution in [2.24, 2.45) is 7.05 Å². The van der Waals surface area contributed by atoms with Gasteiger partial charge in [0.1, 0.15) is 11.3 Å². The molecule has 0 saturated carbocycles. The van der Waals surface area contributed by atoms with E-state index in [2.05, 4.69) is 4.90 Å². The first-order chi connectivity index (χ1) is 12.7. The number of ether oxygens (including phenoxy) is 1. The minimum atomic E-state index is -0.932. The summed E-state index contributed by atoms with van der Waals surface area (Å²) < 4.78 is 7.17. The maximum absolute atomic E-state index is 12.3. The van der Waals surface area contributed by atoms with Gasteiger partial charge in [0.2, 0.25) is 0 Å². The maximum Gasteiger partial charge on any atom is 0.410 e. The van der Waals surface area contributed by atoms with E-state index in [0.717, 1.165) is 29.6 Å². The molecule has 7 heteroatoms. The fourth-order valence-corrected chi connectivity index (χ4v) is 3.42. The number of amides is 1. The topological polar surface area (TPSA) is 75.0 Å². The summed E-state index contributed by atoms with van der Waals surface area (Å²) in [7, 11) is 1.76. The Kier molecular flexibility index (Phi) is 5.04. The van der Waals surface area contributed by atoms with Crippen molar-refractivity contribution in [2.75, 3.05) is 31.1 Å². The monoisotopic (exact) mass is 373 g/mol. The molecule has 1 aromatic heterocycles. The van der Waals surface area contributed by atoms with Crippen LogP contribution >= 0.6 is 0 Å². The molecule has 0 spiro atoms. The van der Waals surface area contributed by atoms with E-state index in [0.29, 0.717) is 19.6 Å². The zero-order chi connectivity index (χ0) is 19.8. The van der Waals surface area contributed by atoms with Gasteiger partial charge in [0.15, 0.2) is 0 Å². The molecule has 1 fully saturated rings. The van der Waals surface area contributed by atoms with Crippen molar-refractivity contribution < 1.29 is 19.4 Å². The van der Waals surface area contributed by atoms with Crippen LogP contribution in [0.5, 0.6) is 0 Å². The highest BCUT2D eigenvalue weighted by Crippen LogP contribution is 2.26. The van der Waals surface area contributed by atoms with Crippen molar-refractivity contribution in [2.45, 2.75) is 32.8 Å². The molecular weight excluding hydrogens is 346 g/mol. The Balaban J connectivity index is 1.75. The Morgan fingerprint density at radius 3 is 2.48 bits per heavy atom. The molecule has 0 radical (unpaired) electrons. The molecule has 1 aliphatic heterocycles. The number of carbonyl (C=O) groups is 2. The number of aryl methyl sites for hydroxylation is 1. The van der Waals surface area contributed by atoms with Gasteiger partial charge < -0.3 is 24.2 Å². The van der Waals surface area contributed by atoms with Crippen molar-refractivity contribution in [3.63, 3.8) is 0 Å². The number of rotatable bonds is 2. The number of anilines is 1. The van der Waals surface area contributed by atoms with Gasteiger partial charge in [-0.15, -0.1) is 0 Å². The van der Waals surface area contributed by atoms with Gasteiger partial charge in [0.05, 0.1) is 0 Å². The normalized spacial score (nSPS) is 15.7. The van der Waals surface area contributed by atoms with E-state index >= 15 is 0 Å². The minimum Gasteiger partial charge on any atom is -0.477 e. The van der Waals surface area contributed by atoms with E-state index in [1.165, 1.54) is 0 Å². The molecule has 0 bridgehead atoms. The average Bonchev–Trinajstić information content (AvgIpc) is 2.76. The lowest BCUT2D eigenvalue weighted by atomic mass is 10.2. The highest BCUT2D eigenvalue weighted by atomic mass is 16.6. The molecule has 3 rings (SSSR count). The lowest BCUT2D eigenvalue weighted by molar-refractivity contribution is 0.0263. The quantitative estimate of drug-likeness (QED) is 0.874. The van der Waals surface area contributed by atoms with Crippen molar-refractivity contribution in [3.05, 3.63) is 30.0 Å². The van der Waals surface area contributed by atoms with E-state index in [4.69, 9.17) is 4.74 Å². The van der Waals surface area contributed by atoms with Crippen LogP contribution in [0.4, 0.5) is 10.5 Å². The third-order valence-electron chi connectivity index (χ3n) is 4.76. The second-order valence-electron chi connectivity index (χ2n) is 7.94. The second-order valence-corrected chi connectivity index (χ2v) is 7.94. The Hall–Kier alpha value is -2.70. The summed E-state index contributed by atoms with van der Waals surface area (Å²) in [5, 5.41) is 10.2. The molecular formula is C20H27N3O4. The molecule has 146 valence electrons. The lowest BCUT2D eigenvalue weighted by Gasteiger charge is -2.27. The number of nitrogens with zero attached hydrogens (tertiary/aromatic N) is 3. The van der Waals surface area contributed by atoms with Crippen molar-refractivity contribution >= 4 is 28.7 Å². The van der Waals surface area contributed by atoms with E-state index in [1.54, 1.807) is 22.6 Å². The summed E-state index contributed by atoms with van der Waals surface area (Å²) >= 11 is 0. The van der Waals surface area contributed by atoms with Gasteiger partial charge in [-0.1, -0.05) is 0 Å². The Morgan fingerprint density at radius 1 is 1.07 bits per heavy atom. The van der Waals surface area contributed by atoms with Crippen LogP contribution in [0.25, 0.3) is 10.9 Å². The largest absolute Gasteiger partial charge is 0.477 e. The fourth-order valence-electron chi connectivity index (χ4n) is 3.42. The van der Waals surface area contributed by atoms with E-state index in [9.17, 15) is 14.7 Å². The average molecular weight is 373 g/mol. The molecule has 1 N–H and O–H groups in total. The smallest absolute Gasteiger partial charge is 0.410 e. The molecule has 1 amide bonds. The number of hydrogen-bond acceptors (Lipinski definition) is 4. The predicted octanol–water partition coefficient (Wildman–Crippen LogP) is 3.32. The highest BCUT2D eigenvalue weighted by molar-refractivity contribution is 5.95. The number of aromatic nitrogens is 1. The Morgan fingerprint density at radius 2 is 1.81 bits per heavy atom. The second kappa shape index (κ2) is 7.13. The number of aromatic carboxylic acids is 1. The molecule has 2 aromatic rings. The molecule has 1 aliphatic rings. The van der Waals surface area contributed by atoms with Crippen LogP contribution in [-0.4, -0.2) is 58.4 Å². The van der Waals surface area contributed by atoms with E-state index < -0.39 is 11.6 Å². The fraction of sp³-hybridized carbons (Fsp3) is 0.500. The van der Waals surface area contributed by atoms with Gasteiger partial charge in [0, 0.05) is 49.8 Å². The number of fused-ring (bicyclic) bond motifs is 1. The summed E-state index contributed by atoms with van der Waals surface area (Å²) in [5.74, 6) is -0.932. The van der Waals surface area contributed by atoms with E-state index in [-0.39, 0.29) is 11.8 Å². The number of carboxylic acids is 1. The first kappa shape index (κ1) is 19.1. The molecule has 7 nitrogen and oxygen atoms in total. The van der Waals surface area contributed by atoms with Gasteiger partial charge >= 0.3 is 12.1 Å². The number of carboxylic acid groups (broad SMARTS) is 1. The third kappa shape index (κ3) is 4.18. The van der Waals surface area contributed by atoms with Crippen LogP contribution in [0, 0.1) is 0 Å². The Bertz CT molecular complexity index is 866.